The second-order valence-corrected chi connectivity index (χ2v) is 9.32. The van der Waals surface area contributed by atoms with Gasteiger partial charge in [-0.1, -0.05) is 35.9 Å². The fraction of sp³-hybridized carbons (Fsp3) is 0.296. The minimum absolute atomic E-state index is 0.104. The van der Waals surface area contributed by atoms with Crippen molar-refractivity contribution in [3.8, 4) is 0 Å². The van der Waals surface area contributed by atoms with Gasteiger partial charge in [-0.3, -0.25) is 4.90 Å². The zero-order valence-corrected chi connectivity index (χ0v) is 20.9. The van der Waals surface area contributed by atoms with E-state index < -0.39 is 35.5 Å². The molecule has 5 nitrogen and oxygen atoms in total. The molecule has 3 aromatic rings. The SMILES string of the molecule is O=C(Nc1cc(F)ccc1F)N1CCN(C[C@H](OCc2ccc(C(F)(F)F)cc2)c2ccc(Cl)cc2)CC1. The molecule has 1 aliphatic rings. The Kier molecular flexibility index (Phi) is 8.86. The first-order valence-corrected chi connectivity index (χ1v) is 12.2. The Balaban J connectivity index is 1.36. The summed E-state index contributed by atoms with van der Waals surface area (Å²) >= 11 is 6.02. The summed E-state index contributed by atoms with van der Waals surface area (Å²) in [6.45, 7) is 2.30. The van der Waals surface area contributed by atoms with Crippen LogP contribution in [-0.2, 0) is 17.5 Å². The molecular formula is C27H25ClF5N3O2. The van der Waals surface area contributed by atoms with Crippen LogP contribution in [0.15, 0.2) is 66.7 Å². The quantitative estimate of drug-likeness (QED) is 0.329. The fourth-order valence-electron chi connectivity index (χ4n) is 4.07. The van der Waals surface area contributed by atoms with Crippen LogP contribution in [0.3, 0.4) is 0 Å². The highest BCUT2D eigenvalue weighted by atomic mass is 35.5. The average molecular weight is 554 g/mol. The Morgan fingerprint density at radius 3 is 2.24 bits per heavy atom. The number of anilines is 1. The molecule has 0 aromatic heterocycles. The summed E-state index contributed by atoms with van der Waals surface area (Å²) in [6.07, 6.45) is -4.81. The lowest BCUT2D eigenvalue weighted by Gasteiger charge is -2.36. The van der Waals surface area contributed by atoms with Gasteiger partial charge in [0.05, 0.1) is 24.0 Å². The number of rotatable bonds is 7. The van der Waals surface area contributed by atoms with Crippen molar-refractivity contribution in [3.05, 3.63) is 100 Å². The lowest BCUT2D eigenvalue weighted by molar-refractivity contribution is -0.137. The molecule has 4 rings (SSSR count). The van der Waals surface area contributed by atoms with Gasteiger partial charge >= 0.3 is 12.2 Å². The number of ether oxygens (including phenoxy) is 1. The molecular weight excluding hydrogens is 529 g/mol. The van der Waals surface area contributed by atoms with Crippen LogP contribution in [0, 0.1) is 11.6 Å². The van der Waals surface area contributed by atoms with Gasteiger partial charge in [0, 0.05) is 43.8 Å². The molecule has 38 heavy (non-hydrogen) atoms. The van der Waals surface area contributed by atoms with Crippen molar-refractivity contribution in [2.24, 2.45) is 0 Å². The molecule has 1 saturated heterocycles. The predicted octanol–water partition coefficient (Wildman–Crippen LogP) is 6.74. The zero-order valence-electron chi connectivity index (χ0n) is 20.1. The molecule has 1 aliphatic heterocycles. The third-order valence-electron chi connectivity index (χ3n) is 6.23. The summed E-state index contributed by atoms with van der Waals surface area (Å²) in [6, 6.07) is 14.3. The first-order valence-electron chi connectivity index (χ1n) is 11.8. The van der Waals surface area contributed by atoms with Crippen LogP contribution in [0.25, 0.3) is 0 Å². The molecule has 0 radical (unpaired) electrons. The fourth-order valence-corrected chi connectivity index (χ4v) is 4.20. The number of carbonyl (C=O) groups is 1. The normalized spacial score (nSPS) is 15.4. The Hall–Kier alpha value is -3.21. The van der Waals surface area contributed by atoms with E-state index in [-0.39, 0.29) is 12.3 Å². The van der Waals surface area contributed by atoms with Gasteiger partial charge in [0.1, 0.15) is 11.6 Å². The number of benzene rings is 3. The number of hydrogen-bond donors (Lipinski definition) is 1. The lowest BCUT2D eigenvalue weighted by atomic mass is 10.1. The first kappa shape index (κ1) is 27.8. The minimum Gasteiger partial charge on any atom is -0.368 e. The van der Waals surface area contributed by atoms with E-state index in [1.165, 1.54) is 17.0 Å². The van der Waals surface area contributed by atoms with Crippen LogP contribution < -0.4 is 5.32 Å². The van der Waals surface area contributed by atoms with Gasteiger partial charge in [-0.15, -0.1) is 0 Å². The van der Waals surface area contributed by atoms with E-state index in [1.807, 2.05) is 12.1 Å². The molecule has 0 spiro atoms. The van der Waals surface area contributed by atoms with Crippen molar-refractivity contribution in [3.63, 3.8) is 0 Å². The smallest absolute Gasteiger partial charge is 0.368 e. The second kappa shape index (κ2) is 12.1. The minimum atomic E-state index is -4.41. The second-order valence-electron chi connectivity index (χ2n) is 8.89. The molecule has 1 atom stereocenters. The van der Waals surface area contributed by atoms with E-state index >= 15 is 0 Å². The third kappa shape index (κ3) is 7.43. The van der Waals surface area contributed by atoms with Crippen LogP contribution in [0.5, 0.6) is 0 Å². The maximum absolute atomic E-state index is 13.9. The number of carbonyl (C=O) groups excluding carboxylic acids is 1. The lowest BCUT2D eigenvalue weighted by Crippen LogP contribution is -2.50. The van der Waals surface area contributed by atoms with E-state index in [4.69, 9.17) is 16.3 Å². The highest BCUT2D eigenvalue weighted by Gasteiger charge is 2.30. The van der Waals surface area contributed by atoms with Crippen molar-refractivity contribution < 1.29 is 31.5 Å². The largest absolute Gasteiger partial charge is 0.416 e. The summed E-state index contributed by atoms with van der Waals surface area (Å²) in [4.78, 5) is 16.2. The van der Waals surface area contributed by atoms with Crippen LogP contribution in [0.1, 0.15) is 22.8 Å². The maximum Gasteiger partial charge on any atom is 0.416 e. The Labute approximate surface area is 221 Å². The standard InChI is InChI=1S/C27H25ClF5N3O2/c28-21-7-3-19(4-8-21)25(38-17-18-1-5-20(6-2-18)27(31,32)33)16-35-11-13-36(14-12-35)26(37)34-24-15-22(29)9-10-23(24)30/h1-10,15,25H,11-14,16-17H2,(H,34,37)/t25-/m0/s1. The van der Waals surface area contributed by atoms with Crippen molar-refractivity contribution in [1.29, 1.82) is 0 Å². The van der Waals surface area contributed by atoms with Gasteiger partial charge < -0.3 is 15.0 Å². The van der Waals surface area contributed by atoms with Crippen molar-refractivity contribution in [2.75, 3.05) is 38.0 Å². The molecule has 0 saturated carbocycles. The summed E-state index contributed by atoms with van der Waals surface area (Å²) in [7, 11) is 0. The summed E-state index contributed by atoms with van der Waals surface area (Å²) in [5, 5.41) is 2.96. The van der Waals surface area contributed by atoms with Crippen molar-refractivity contribution in [1.82, 2.24) is 9.80 Å². The summed E-state index contributed by atoms with van der Waals surface area (Å²) in [5.41, 5.74) is 0.501. The van der Waals surface area contributed by atoms with Crippen LogP contribution >= 0.6 is 11.6 Å². The topological polar surface area (TPSA) is 44.8 Å². The molecule has 1 fully saturated rings. The Morgan fingerprint density at radius 2 is 1.61 bits per heavy atom. The molecule has 1 N–H and O–H groups in total. The number of nitrogens with zero attached hydrogens (tertiary/aromatic N) is 2. The molecule has 2 amide bonds. The van der Waals surface area contributed by atoms with Gasteiger partial charge in [0.15, 0.2) is 0 Å². The van der Waals surface area contributed by atoms with E-state index in [9.17, 15) is 26.7 Å². The monoisotopic (exact) mass is 553 g/mol. The third-order valence-corrected chi connectivity index (χ3v) is 6.48. The highest BCUT2D eigenvalue weighted by Crippen LogP contribution is 2.30. The molecule has 1 heterocycles. The van der Waals surface area contributed by atoms with Crippen LogP contribution in [0.4, 0.5) is 32.4 Å². The van der Waals surface area contributed by atoms with E-state index in [1.54, 1.807) is 12.1 Å². The molecule has 0 unspecified atom stereocenters. The van der Waals surface area contributed by atoms with E-state index in [0.29, 0.717) is 43.3 Å². The number of piperazine rings is 1. The Morgan fingerprint density at radius 1 is 0.947 bits per heavy atom. The number of urea groups is 1. The number of halogens is 6. The summed E-state index contributed by atoms with van der Waals surface area (Å²) < 4.78 is 72.0. The van der Waals surface area contributed by atoms with Crippen LogP contribution in [0.2, 0.25) is 5.02 Å². The molecule has 0 aliphatic carbocycles. The molecule has 0 bridgehead atoms. The average Bonchev–Trinajstić information content (AvgIpc) is 2.89. The zero-order chi connectivity index (χ0) is 27.3. The van der Waals surface area contributed by atoms with Crippen LogP contribution in [-0.4, -0.2) is 48.6 Å². The van der Waals surface area contributed by atoms with Gasteiger partial charge in [-0.05, 0) is 47.5 Å². The number of amides is 2. The van der Waals surface area contributed by atoms with Crippen molar-refractivity contribution in [2.45, 2.75) is 18.9 Å². The molecule has 3 aromatic carbocycles. The number of alkyl halides is 3. The summed E-state index contributed by atoms with van der Waals surface area (Å²) in [5.74, 6) is -1.38. The predicted molar refractivity (Wildman–Crippen MR) is 134 cm³/mol. The van der Waals surface area contributed by atoms with Gasteiger partial charge in [0.2, 0.25) is 0 Å². The number of hydrogen-bond acceptors (Lipinski definition) is 3. The molecule has 202 valence electrons. The van der Waals surface area contributed by atoms with Gasteiger partial charge in [0.25, 0.3) is 0 Å². The highest BCUT2D eigenvalue weighted by molar-refractivity contribution is 6.30. The Bertz CT molecular complexity index is 1230. The molecule has 11 heteroatoms. The maximum atomic E-state index is 13.9. The first-order chi connectivity index (χ1) is 18.1. The van der Waals surface area contributed by atoms with Gasteiger partial charge in [-0.2, -0.15) is 13.2 Å². The van der Waals surface area contributed by atoms with E-state index in [0.717, 1.165) is 35.9 Å². The number of nitrogens with one attached hydrogen (secondary N) is 1. The van der Waals surface area contributed by atoms with E-state index in [2.05, 4.69) is 10.2 Å². The van der Waals surface area contributed by atoms with Crippen molar-refractivity contribution >= 4 is 23.3 Å². The van der Waals surface area contributed by atoms with Gasteiger partial charge in [-0.25, -0.2) is 13.6 Å².